The first kappa shape index (κ1) is 15.6. The summed E-state index contributed by atoms with van der Waals surface area (Å²) >= 11 is 0. The Morgan fingerprint density at radius 3 is 2.52 bits per heavy atom. The highest BCUT2D eigenvalue weighted by Gasteiger charge is 2.30. The van der Waals surface area contributed by atoms with Crippen molar-refractivity contribution >= 4 is 5.97 Å². The highest BCUT2D eigenvalue weighted by atomic mass is 16.5. The summed E-state index contributed by atoms with van der Waals surface area (Å²) in [6, 6.07) is 4.67. The van der Waals surface area contributed by atoms with Crippen molar-refractivity contribution in [2.45, 2.75) is 32.2 Å². The predicted octanol–water partition coefficient (Wildman–Crippen LogP) is 2.65. The number of benzene rings is 1. The molecule has 1 aliphatic rings. The quantitative estimate of drug-likeness (QED) is 0.873. The largest absolute Gasteiger partial charge is 0.493 e. The lowest BCUT2D eigenvalue weighted by atomic mass is 10.1. The summed E-state index contributed by atoms with van der Waals surface area (Å²) in [5.41, 5.74) is 0.144. The van der Waals surface area contributed by atoms with Crippen LogP contribution in [0.5, 0.6) is 11.5 Å². The fraction of sp³-hybridized carbons (Fsp3) is 0.562. The molecule has 1 heterocycles. The molecule has 5 nitrogen and oxygen atoms in total. The molecule has 0 radical (unpaired) electrons. The number of methoxy groups -OCH3 is 1. The zero-order chi connectivity index (χ0) is 15.5. The second-order valence-electron chi connectivity index (χ2n) is 5.97. The molecule has 0 aliphatic carbocycles. The fourth-order valence-electron chi connectivity index (χ4n) is 2.59. The fourth-order valence-corrected chi connectivity index (χ4v) is 2.59. The van der Waals surface area contributed by atoms with Crippen LogP contribution in [0.3, 0.4) is 0 Å². The van der Waals surface area contributed by atoms with Crippen molar-refractivity contribution in [2.75, 3.05) is 26.8 Å². The van der Waals surface area contributed by atoms with Crippen LogP contribution < -0.4 is 9.47 Å². The van der Waals surface area contributed by atoms with Crippen LogP contribution in [0.2, 0.25) is 0 Å². The molecule has 1 aromatic carbocycles. The molecule has 2 rings (SSSR count). The Kier molecular flexibility index (Phi) is 4.73. The molecule has 1 aromatic rings. The van der Waals surface area contributed by atoms with Crippen LogP contribution in [0, 0.1) is 0 Å². The Labute approximate surface area is 125 Å². The minimum atomic E-state index is -0.975. The smallest absolute Gasteiger partial charge is 0.335 e. The van der Waals surface area contributed by atoms with E-state index in [-0.39, 0.29) is 11.1 Å². The Morgan fingerprint density at radius 2 is 1.95 bits per heavy atom. The van der Waals surface area contributed by atoms with Gasteiger partial charge in [0.05, 0.1) is 12.7 Å². The molecule has 0 saturated carbocycles. The van der Waals surface area contributed by atoms with Crippen molar-refractivity contribution < 1.29 is 19.4 Å². The van der Waals surface area contributed by atoms with E-state index in [4.69, 9.17) is 14.6 Å². The van der Waals surface area contributed by atoms with Gasteiger partial charge in [-0.2, -0.15) is 0 Å². The van der Waals surface area contributed by atoms with E-state index in [2.05, 4.69) is 18.7 Å². The number of aromatic carboxylic acids is 1. The lowest BCUT2D eigenvalue weighted by Crippen LogP contribution is -2.46. The van der Waals surface area contributed by atoms with Crippen LogP contribution in [0.1, 0.15) is 37.0 Å². The lowest BCUT2D eigenvalue weighted by Gasteiger charge is -2.35. The molecular formula is C16H23NO4. The van der Waals surface area contributed by atoms with Gasteiger partial charge >= 0.3 is 5.97 Å². The van der Waals surface area contributed by atoms with E-state index in [0.29, 0.717) is 18.1 Å². The van der Waals surface area contributed by atoms with Gasteiger partial charge < -0.3 is 14.6 Å². The number of carbonyl (C=O) groups is 1. The molecule has 116 valence electrons. The Balaban J connectivity index is 2.07. The third kappa shape index (κ3) is 3.67. The molecule has 0 atom stereocenters. The molecule has 0 aromatic heterocycles. The summed E-state index contributed by atoms with van der Waals surface area (Å²) in [5.74, 6) is 0.0548. The van der Waals surface area contributed by atoms with E-state index in [1.54, 1.807) is 6.07 Å². The maximum absolute atomic E-state index is 11.0. The van der Waals surface area contributed by atoms with Gasteiger partial charge in [0, 0.05) is 5.54 Å². The average molecular weight is 293 g/mol. The summed E-state index contributed by atoms with van der Waals surface area (Å²) in [5, 5.41) is 9.00. The number of ether oxygens (including phenoxy) is 2. The Morgan fingerprint density at radius 1 is 1.29 bits per heavy atom. The van der Waals surface area contributed by atoms with Crippen molar-refractivity contribution in [1.29, 1.82) is 0 Å². The number of nitrogens with zero attached hydrogens (tertiary/aromatic N) is 1. The third-order valence-electron chi connectivity index (χ3n) is 3.95. The summed E-state index contributed by atoms with van der Waals surface area (Å²) < 4.78 is 11.1. The molecule has 0 spiro atoms. The van der Waals surface area contributed by atoms with Crippen LogP contribution in [-0.4, -0.2) is 48.3 Å². The number of likely N-dealkylation sites (tertiary alicyclic amines) is 1. The van der Waals surface area contributed by atoms with E-state index in [9.17, 15) is 4.79 Å². The van der Waals surface area contributed by atoms with E-state index in [1.165, 1.54) is 32.1 Å². The predicted molar refractivity (Wildman–Crippen MR) is 80.3 cm³/mol. The average Bonchev–Trinajstić information content (AvgIpc) is 3.00. The van der Waals surface area contributed by atoms with E-state index >= 15 is 0 Å². The van der Waals surface area contributed by atoms with Crippen LogP contribution in [-0.2, 0) is 0 Å². The first-order chi connectivity index (χ1) is 9.94. The molecule has 0 amide bonds. The molecule has 0 unspecified atom stereocenters. The lowest BCUT2D eigenvalue weighted by molar-refractivity contribution is 0.0695. The zero-order valence-corrected chi connectivity index (χ0v) is 12.9. The molecule has 1 fully saturated rings. The molecular weight excluding hydrogens is 270 g/mol. The van der Waals surface area contributed by atoms with Crippen molar-refractivity contribution in [2.24, 2.45) is 0 Å². The first-order valence-electron chi connectivity index (χ1n) is 7.23. The topological polar surface area (TPSA) is 59.0 Å². The highest BCUT2D eigenvalue weighted by molar-refractivity contribution is 5.88. The van der Waals surface area contributed by atoms with Gasteiger partial charge in [0.25, 0.3) is 0 Å². The van der Waals surface area contributed by atoms with Crippen molar-refractivity contribution in [3.05, 3.63) is 23.8 Å². The minimum absolute atomic E-state index is 0.0486. The Hall–Kier alpha value is -1.75. The summed E-state index contributed by atoms with van der Waals surface area (Å²) in [4.78, 5) is 13.4. The maximum Gasteiger partial charge on any atom is 0.335 e. The number of carboxylic acid groups (broad SMARTS) is 1. The van der Waals surface area contributed by atoms with Gasteiger partial charge in [-0.05, 0) is 58.0 Å². The maximum atomic E-state index is 11.0. The summed E-state index contributed by atoms with van der Waals surface area (Å²) in [6.07, 6.45) is 2.47. The normalized spacial score (nSPS) is 16.0. The number of hydrogen-bond acceptors (Lipinski definition) is 4. The second-order valence-corrected chi connectivity index (χ2v) is 5.97. The molecule has 1 saturated heterocycles. The zero-order valence-electron chi connectivity index (χ0n) is 12.9. The SMILES string of the molecule is COc1cc(C(=O)O)ccc1OCC(C)(C)N1CCCC1. The third-order valence-corrected chi connectivity index (χ3v) is 3.95. The molecule has 5 heteroatoms. The summed E-state index contributed by atoms with van der Waals surface area (Å²) in [7, 11) is 1.51. The van der Waals surface area contributed by atoms with E-state index < -0.39 is 5.97 Å². The first-order valence-corrected chi connectivity index (χ1v) is 7.23. The van der Waals surface area contributed by atoms with Crippen LogP contribution >= 0.6 is 0 Å². The summed E-state index contributed by atoms with van der Waals surface area (Å²) in [6.45, 7) is 7.07. The van der Waals surface area contributed by atoms with Gasteiger partial charge in [0.1, 0.15) is 6.61 Å². The number of rotatable bonds is 6. The van der Waals surface area contributed by atoms with Crippen LogP contribution in [0.15, 0.2) is 18.2 Å². The van der Waals surface area contributed by atoms with Crippen LogP contribution in [0.4, 0.5) is 0 Å². The van der Waals surface area contributed by atoms with Crippen LogP contribution in [0.25, 0.3) is 0 Å². The molecule has 0 bridgehead atoms. The van der Waals surface area contributed by atoms with Crippen molar-refractivity contribution in [3.8, 4) is 11.5 Å². The molecule has 1 aliphatic heterocycles. The monoisotopic (exact) mass is 293 g/mol. The van der Waals surface area contributed by atoms with Gasteiger partial charge in [0.2, 0.25) is 0 Å². The number of carboxylic acids is 1. The number of hydrogen-bond donors (Lipinski definition) is 1. The van der Waals surface area contributed by atoms with E-state index in [1.807, 2.05) is 0 Å². The molecule has 21 heavy (non-hydrogen) atoms. The van der Waals surface area contributed by atoms with E-state index in [0.717, 1.165) is 13.1 Å². The van der Waals surface area contributed by atoms with Gasteiger partial charge in [0.15, 0.2) is 11.5 Å². The minimum Gasteiger partial charge on any atom is -0.493 e. The highest BCUT2D eigenvalue weighted by Crippen LogP contribution is 2.30. The van der Waals surface area contributed by atoms with Gasteiger partial charge in [-0.3, -0.25) is 4.90 Å². The second kappa shape index (κ2) is 6.35. The Bertz CT molecular complexity index is 507. The van der Waals surface area contributed by atoms with Crippen molar-refractivity contribution in [1.82, 2.24) is 4.90 Å². The van der Waals surface area contributed by atoms with Crippen molar-refractivity contribution in [3.63, 3.8) is 0 Å². The van der Waals surface area contributed by atoms with Gasteiger partial charge in [-0.1, -0.05) is 0 Å². The van der Waals surface area contributed by atoms with Gasteiger partial charge in [-0.15, -0.1) is 0 Å². The standard InChI is InChI=1S/C16H23NO4/c1-16(2,17-8-4-5-9-17)11-21-13-7-6-12(15(18)19)10-14(13)20-3/h6-7,10H,4-5,8-9,11H2,1-3H3,(H,18,19). The molecule has 1 N–H and O–H groups in total. The van der Waals surface area contributed by atoms with Gasteiger partial charge in [-0.25, -0.2) is 4.79 Å².